The zero-order valence-electron chi connectivity index (χ0n) is 14.6. The first-order valence-electron chi connectivity index (χ1n) is 9.26. The molecule has 4 heterocycles. The van der Waals surface area contributed by atoms with Crippen molar-refractivity contribution < 1.29 is 8.78 Å². The van der Waals surface area contributed by atoms with E-state index in [1.54, 1.807) is 12.3 Å². The van der Waals surface area contributed by atoms with Crippen LogP contribution in [0.1, 0.15) is 24.5 Å². The Morgan fingerprint density at radius 2 is 2.04 bits per heavy atom. The Bertz CT molecular complexity index is 968. The summed E-state index contributed by atoms with van der Waals surface area (Å²) in [5.74, 6) is 0.418. The van der Waals surface area contributed by atoms with Gasteiger partial charge in [0.2, 0.25) is 6.43 Å². The highest BCUT2D eigenvalue weighted by atomic mass is 19.3. The van der Waals surface area contributed by atoms with E-state index in [9.17, 15) is 8.78 Å². The molecule has 0 bridgehead atoms. The van der Waals surface area contributed by atoms with E-state index in [-0.39, 0.29) is 6.04 Å². The summed E-state index contributed by atoms with van der Waals surface area (Å²) in [6.07, 6.45) is 1.76. The normalized spacial score (nSPS) is 22.6. The number of alkyl halides is 2. The lowest BCUT2D eigenvalue weighted by molar-refractivity contribution is 0.0825. The molecule has 1 aliphatic heterocycles. The highest BCUT2D eigenvalue weighted by molar-refractivity contribution is 5.61. The van der Waals surface area contributed by atoms with Crippen molar-refractivity contribution >= 4 is 11.5 Å². The fraction of sp³-hybridized carbons (Fsp3) is 0.421. The molecule has 2 N–H and O–H groups in total. The number of rotatable bonds is 5. The van der Waals surface area contributed by atoms with E-state index >= 15 is 0 Å². The SMILES string of the molecule is FC(F)[C@H]1CNC[C@@H]1Nc1cccc(-c2cnc3ccc(C4CC4)nn23)n1. The Morgan fingerprint density at radius 3 is 2.85 bits per heavy atom. The first kappa shape index (κ1) is 16.6. The molecule has 27 heavy (non-hydrogen) atoms. The number of hydrogen-bond donors (Lipinski definition) is 2. The molecule has 140 valence electrons. The zero-order valence-corrected chi connectivity index (χ0v) is 14.6. The molecule has 2 fully saturated rings. The van der Waals surface area contributed by atoms with E-state index < -0.39 is 12.3 Å². The Hall–Kier alpha value is -2.61. The van der Waals surface area contributed by atoms with E-state index in [1.165, 1.54) is 12.8 Å². The van der Waals surface area contributed by atoms with Crippen molar-refractivity contribution in [3.05, 3.63) is 42.2 Å². The van der Waals surface area contributed by atoms with Crippen LogP contribution in [0.15, 0.2) is 36.5 Å². The standard InChI is InChI=1S/C19H20F2N6/c20-19(21)12-8-22-9-15(12)25-17-3-1-2-14(24-17)16-10-23-18-7-6-13(11-4-5-11)26-27(16)18/h1-3,6-7,10-12,15,19,22H,4-5,8-9H2,(H,24,25)/t12-,15-/m0/s1. The van der Waals surface area contributed by atoms with Gasteiger partial charge >= 0.3 is 0 Å². The van der Waals surface area contributed by atoms with Gasteiger partial charge in [0.1, 0.15) is 11.5 Å². The highest BCUT2D eigenvalue weighted by Gasteiger charge is 2.34. The predicted octanol–water partition coefficient (Wildman–Crippen LogP) is 2.93. The average Bonchev–Trinajstić information content (AvgIpc) is 3.27. The molecular weight excluding hydrogens is 350 g/mol. The fourth-order valence-corrected chi connectivity index (χ4v) is 3.63. The summed E-state index contributed by atoms with van der Waals surface area (Å²) in [5, 5.41) is 10.9. The largest absolute Gasteiger partial charge is 0.365 e. The third kappa shape index (κ3) is 3.14. The van der Waals surface area contributed by atoms with E-state index in [4.69, 9.17) is 5.10 Å². The van der Waals surface area contributed by atoms with Gasteiger partial charge in [-0.25, -0.2) is 23.3 Å². The van der Waals surface area contributed by atoms with Crippen LogP contribution in [0, 0.1) is 5.92 Å². The molecule has 6 nitrogen and oxygen atoms in total. The van der Waals surface area contributed by atoms with Crippen LogP contribution in [0.3, 0.4) is 0 Å². The number of pyridine rings is 1. The zero-order chi connectivity index (χ0) is 18.4. The molecule has 0 spiro atoms. The van der Waals surface area contributed by atoms with Gasteiger partial charge in [-0.05, 0) is 37.1 Å². The number of halogens is 2. The maximum absolute atomic E-state index is 13.2. The Kier molecular flexibility index (Phi) is 4.00. The van der Waals surface area contributed by atoms with Gasteiger partial charge in [-0.15, -0.1) is 0 Å². The molecule has 2 aliphatic rings. The summed E-state index contributed by atoms with van der Waals surface area (Å²) in [6.45, 7) is 0.818. The van der Waals surface area contributed by atoms with Gasteiger partial charge in [-0.1, -0.05) is 6.07 Å². The Balaban J connectivity index is 1.45. The average molecular weight is 370 g/mol. The molecule has 2 atom stereocenters. The van der Waals surface area contributed by atoms with Crippen molar-refractivity contribution in [3.63, 3.8) is 0 Å². The van der Waals surface area contributed by atoms with Crippen LogP contribution in [0.5, 0.6) is 0 Å². The third-order valence-electron chi connectivity index (χ3n) is 5.31. The van der Waals surface area contributed by atoms with Gasteiger partial charge in [-0.3, -0.25) is 0 Å². The molecular formula is C19H20F2N6. The monoisotopic (exact) mass is 370 g/mol. The van der Waals surface area contributed by atoms with Crippen LogP contribution in [0.25, 0.3) is 17.0 Å². The van der Waals surface area contributed by atoms with Crippen molar-refractivity contribution in [2.75, 3.05) is 18.4 Å². The first-order chi connectivity index (χ1) is 13.2. The van der Waals surface area contributed by atoms with Crippen LogP contribution in [0.2, 0.25) is 0 Å². The van der Waals surface area contributed by atoms with Crippen molar-refractivity contribution in [3.8, 4) is 11.4 Å². The topological polar surface area (TPSA) is 67.1 Å². The highest BCUT2D eigenvalue weighted by Crippen LogP contribution is 2.39. The summed E-state index contributed by atoms with van der Waals surface area (Å²) < 4.78 is 28.1. The van der Waals surface area contributed by atoms with Crippen molar-refractivity contribution in [1.29, 1.82) is 0 Å². The molecule has 0 amide bonds. The van der Waals surface area contributed by atoms with Crippen LogP contribution in [-0.2, 0) is 0 Å². The molecule has 0 radical (unpaired) electrons. The van der Waals surface area contributed by atoms with Crippen LogP contribution in [0.4, 0.5) is 14.6 Å². The quantitative estimate of drug-likeness (QED) is 0.723. The summed E-state index contributed by atoms with van der Waals surface area (Å²) in [7, 11) is 0. The van der Waals surface area contributed by atoms with Crippen molar-refractivity contribution in [2.45, 2.75) is 31.2 Å². The van der Waals surface area contributed by atoms with Gasteiger partial charge in [0, 0.05) is 25.0 Å². The van der Waals surface area contributed by atoms with E-state index in [0.717, 1.165) is 17.0 Å². The van der Waals surface area contributed by atoms with E-state index in [0.29, 0.717) is 30.5 Å². The van der Waals surface area contributed by atoms with Crippen molar-refractivity contribution in [2.24, 2.45) is 5.92 Å². The van der Waals surface area contributed by atoms with Crippen LogP contribution >= 0.6 is 0 Å². The second-order valence-corrected chi connectivity index (χ2v) is 7.26. The molecule has 3 aromatic heterocycles. The van der Waals surface area contributed by atoms with Gasteiger partial charge < -0.3 is 10.6 Å². The number of aromatic nitrogens is 4. The number of fused-ring (bicyclic) bond motifs is 1. The summed E-state index contributed by atoms with van der Waals surface area (Å²) in [4.78, 5) is 9.04. The Morgan fingerprint density at radius 1 is 1.15 bits per heavy atom. The smallest absolute Gasteiger partial charge is 0.244 e. The minimum atomic E-state index is -2.36. The maximum atomic E-state index is 13.2. The number of nitrogens with one attached hydrogen (secondary N) is 2. The van der Waals surface area contributed by atoms with Crippen LogP contribution in [-0.4, -0.2) is 45.1 Å². The lowest BCUT2D eigenvalue weighted by atomic mass is 10.0. The maximum Gasteiger partial charge on any atom is 0.244 e. The second-order valence-electron chi connectivity index (χ2n) is 7.26. The minimum Gasteiger partial charge on any atom is -0.365 e. The van der Waals surface area contributed by atoms with Crippen molar-refractivity contribution in [1.82, 2.24) is 24.9 Å². The molecule has 0 aromatic carbocycles. The van der Waals surface area contributed by atoms with Crippen LogP contribution < -0.4 is 10.6 Å². The fourth-order valence-electron chi connectivity index (χ4n) is 3.63. The summed E-state index contributed by atoms with van der Waals surface area (Å²) >= 11 is 0. The minimum absolute atomic E-state index is 0.316. The lowest BCUT2D eigenvalue weighted by Gasteiger charge is -2.20. The lowest BCUT2D eigenvalue weighted by Crippen LogP contribution is -2.32. The summed E-state index contributed by atoms with van der Waals surface area (Å²) in [6, 6.07) is 9.23. The second kappa shape index (κ2) is 6.53. The Labute approximate surface area is 155 Å². The number of imidazole rings is 1. The molecule has 5 rings (SSSR count). The third-order valence-corrected chi connectivity index (χ3v) is 5.31. The number of anilines is 1. The molecule has 1 aliphatic carbocycles. The molecule has 1 saturated heterocycles. The molecule has 8 heteroatoms. The predicted molar refractivity (Wildman–Crippen MR) is 98.0 cm³/mol. The summed E-state index contributed by atoms with van der Waals surface area (Å²) in [5.41, 5.74) is 3.36. The molecule has 1 saturated carbocycles. The van der Waals surface area contributed by atoms with E-state index in [1.807, 2.05) is 28.8 Å². The van der Waals surface area contributed by atoms with Gasteiger partial charge in [-0.2, -0.15) is 5.10 Å². The van der Waals surface area contributed by atoms with Gasteiger partial charge in [0.25, 0.3) is 0 Å². The van der Waals surface area contributed by atoms with Gasteiger partial charge in [0.15, 0.2) is 5.65 Å². The van der Waals surface area contributed by atoms with Gasteiger partial charge in [0.05, 0.1) is 23.5 Å². The number of nitrogens with zero attached hydrogens (tertiary/aromatic N) is 4. The number of hydrogen-bond acceptors (Lipinski definition) is 5. The first-order valence-corrected chi connectivity index (χ1v) is 9.26. The van der Waals surface area contributed by atoms with E-state index in [2.05, 4.69) is 20.6 Å². The molecule has 0 unspecified atom stereocenters. The molecule has 3 aromatic rings.